The number of hydrogen-bond acceptors (Lipinski definition) is 2. The lowest BCUT2D eigenvalue weighted by Gasteiger charge is -2.59. The first-order valence-corrected chi connectivity index (χ1v) is 9.02. The van der Waals surface area contributed by atoms with Gasteiger partial charge in [0.2, 0.25) is 0 Å². The third-order valence-electron chi connectivity index (χ3n) is 6.62. The van der Waals surface area contributed by atoms with Crippen molar-refractivity contribution in [3.05, 3.63) is 29.3 Å². The van der Waals surface area contributed by atoms with Crippen molar-refractivity contribution in [3.63, 3.8) is 0 Å². The maximum absolute atomic E-state index is 12.7. The van der Waals surface area contributed by atoms with Crippen LogP contribution in [-0.2, 0) is 11.8 Å². The first-order chi connectivity index (χ1) is 11.4. The number of aromatic hydroxyl groups is 1. The average molecular weight is 339 g/mol. The van der Waals surface area contributed by atoms with Crippen molar-refractivity contribution < 1.29 is 18.3 Å². The van der Waals surface area contributed by atoms with Gasteiger partial charge in [0, 0.05) is 18.0 Å². The summed E-state index contributed by atoms with van der Waals surface area (Å²) < 4.78 is 38.1. The summed E-state index contributed by atoms with van der Waals surface area (Å²) in [5.41, 5.74) is 2.58. The Balaban J connectivity index is 1.68. The van der Waals surface area contributed by atoms with Gasteiger partial charge in [-0.3, -0.25) is 4.90 Å². The summed E-state index contributed by atoms with van der Waals surface area (Å²) in [7, 11) is 0. The molecule has 24 heavy (non-hydrogen) atoms. The van der Waals surface area contributed by atoms with Gasteiger partial charge in [-0.05, 0) is 61.4 Å². The number of fused-ring (bicyclic) bond motifs is 1. The average Bonchev–Trinajstić information content (AvgIpc) is 2.54. The van der Waals surface area contributed by atoms with Crippen LogP contribution in [0.5, 0.6) is 5.75 Å². The normalized spacial score (nSPS) is 33.0. The molecule has 2 nitrogen and oxygen atoms in total. The molecule has 3 atom stereocenters. The van der Waals surface area contributed by atoms with Gasteiger partial charge >= 0.3 is 6.18 Å². The topological polar surface area (TPSA) is 23.5 Å². The molecular weight excluding hydrogens is 315 g/mol. The van der Waals surface area contributed by atoms with E-state index in [1.807, 2.05) is 12.1 Å². The Morgan fingerprint density at radius 3 is 2.83 bits per heavy atom. The van der Waals surface area contributed by atoms with Crippen LogP contribution in [0.2, 0.25) is 0 Å². The summed E-state index contributed by atoms with van der Waals surface area (Å²) in [6, 6.07) is 5.85. The van der Waals surface area contributed by atoms with Crippen molar-refractivity contribution in [2.75, 3.05) is 13.1 Å². The predicted molar refractivity (Wildman–Crippen MR) is 86.1 cm³/mol. The van der Waals surface area contributed by atoms with Crippen LogP contribution in [0.3, 0.4) is 0 Å². The Kier molecular flexibility index (Phi) is 3.83. The molecule has 3 aliphatic rings. The van der Waals surface area contributed by atoms with E-state index in [4.69, 9.17) is 0 Å². The van der Waals surface area contributed by atoms with E-state index in [0.717, 1.165) is 32.2 Å². The fourth-order valence-electron chi connectivity index (χ4n) is 5.62. The molecule has 0 unspecified atom stereocenters. The molecule has 4 rings (SSSR count). The third-order valence-corrected chi connectivity index (χ3v) is 6.62. The number of halogens is 3. The molecule has 5 heteroatoms. The number of rotatable bonds is 2. The van der Waals surface area contributed by atoms with Crippen molar-refractivity contribution in [2.24, 2.45) is 5.92 Å². The molecule has 0 spiro atoms. The molecule has 1 saturated carbocycles. The highest BCUT2D eigenvalue weighted by molar-refractivity contribution is 5.45. The van der Waals surface area contributed by atoms with Gasteiger partial charge in [0.25, 0.3) is 0 Å². The highest BCUT2D eigenvalue weighted by Crippen LogP contribution is 2.56. The summed E-state index contributed by atoms with van der Waals surface area (Å²) >= 11 is 0. The van der Waals surface area contributed by atoms with E-state index in [-0.39, 0.29) is 18.0 Å². The van der Waals surface area contributed by atoms with Crippen LogP contribution < -0.4 is 0 Å². The molecule has 0 aromatic heterocycles. The van der Waals surface area contributed by atoms with Crippen LogP contribution in [0, 0.1) is 5.92 Å². The predicted octanol–water partition coefficient (Wildman–Crippen LogP) is 4.40. The van der Waals surface area contributed by atoms with E-state index >= 15 is 0 Å². The molecule has 1 saturated heterocycles. The second-order valence-electron chi connectivity index (χ2n) is 7.77. The quantitative estimate of drug-likeness (QED) is 0.863. The van der Waals surface area contributed by atoms with E-state index in [0.29, 0.717) is 11.7 Å². The highest BCUT2D eigenvalue weighted by atomic mass is 19.4. The van der Waals surface area contributed by atoms with Crippen molar-refractivity contribution >= 4 is 0 Å². The molecule has 1 aromatic carbocycles. The molecule has 1 aliphatic heterocycles. The molecule has 1 heterocycles. The molecule has 1 aromatic rings. The molecule has 2 aliphatic carbocycles. The van der Waals surface area contributed by atoms with Gasteiger partial charge in [-0.15, -0.1) is 0 Å². The monoisotopic (exact) mass is 339 g/mol. The Morgan fingerprint density at radius 1 is 1.21 bits per heavy atom. The van der Waals surface area contributed by atoms with E-state index in [1.165, 1.54) is 24.0 Å². The van der Waals surface area contributed by atoms with E-state index in [2.05, 4.69) is 4.90 Å². The summed E-state index contributed by atoms with van der Waals surface area (Å²) in [4.78, 5) is 2.09. The molecule has 1 N–H and O–H groups in total. The maximum atomic E-state index is 12.7. The minimum atomic E-state index is -4.08. The number of piperidine rings is 1. The van der Waals surface area contributed by atoms with Crippen LogP contribution in [0.1, 0.15) is 49.7 Å². The summed E-state index contributed by atoms with van der Waals surface area (Å²) in [6.45, 7) is 0.862. The first kappa shape index (κ1) is 16.2. The number of hydrogen-bond donors (Lipinski definition) is 1. The van der Waals surface area contributed by atoms with Gasteiger partial charge in [0.05, 0.1) is 6.42 Å². The lowest BCUT2D eigenvalue weighted by atomic mass is 9.52. The standard InChI is InChI=1S/C19H24F3NO/c20-19(21,22)8-10-23-9-7-18-6-2-1-3-15(18)17(23)11-13-4-5-14(24)12-16(13)18/h4-5,12,15,17,24H,1-3,6-11H2/t15-,17-,18-/m0/s1. The van der Waals surface area contributed by atoms with Crippen LogP contribution in [-0.4, -0.2) is 35.3 Å². The van der Waals surface area contributed by atoms with Gasteiger partial charge in [0.15, 0.2) is 0 Å². The molecule has 2 bridgehead atoms. The summed E-state index contributed by atoms with van der Waals surface area (Å²) in [6.07, 6.45) is 1.50. The SMILES string of the molecule is Oc1ccc2c(c1)[C@]13CCCC[C@H]1[C@H](C2)N(CCC(F)(F)F)CC3. The number of nitrogens with zero attached hydrogens (tertiary/aromatic N) is 1. The van der Waals surface area contributed by atoms with Gasteiger partial charge in [-0.2, -0.15) is 13.2 Å². The van der Waals surface area contributed by atoms with Gasteiger partial charge < -0.3 is 5.11 Å². The smallest absolute Gasteiger partial charge is 0.390 e. The van der Waals surface area contributed by atoms with Gasteiger partial charge in [-0.25, -0.2) is 0 Å². The van der Waals surface area contributed by atoms with E-state index in [9.17, 15) is 18.3 Å². The van der Waals surface area contributed by atoms with E-state index < -0.39 is 12.6 Å². The van der Waals surface area contributed by atoms with Crippen LogP contribution in [0.25, 0.3) is 0 Å². The third kappa shape index (κ3) is 2.61. The Bertz CT molecular complexity index is 630. The first-order valence-electron chi connectivity index (χ1n) is 9.02. The van der Waals surface area contributed by atoms with Crippen molar-refractivity contribution in [2.45, 2.75) is 62.6 Å². The summed E-state index contributed by atoms with van der Waals surface area (Å²) in [5, 5.41) is 9.96. The molecule has 0 radical (unpaired) electrons. The largest absolute Gasteiger partial charge is 0.508 e. The number of likely N-dealkylation sites (tertiary alicyclic amines) is 1. The number of alkyl halides is 3. The second-order valence-corrected chi connectivity index (χ2v) is 7.77. The fraction of sp³-hybridized carbons (Fsp3) is 0.684. The Labute approximate surface area is 140 Å². The molecular formula is C19H24F3NO. The minimum absolute atomic E-state index is 0.0734. The van der Waals surface area contributed by atoms with Crippen molar-refractivity contribution in [3.8, 4) is 5.75 Å². The molecule has 132 valence electrons. The van der Waals surface area contributed by atoms with Crippen molar-refractivity contribution in [1.29, 1.82) is 0 Å². The number of phenolic OH excluding ortho intramolecular Hbond substituents is 1. The fourth-order valence-corrected chi connectivity index (χ4v) is 5.62. The maximum Gasteiger partial charge on any atom is 0.390 e. The van der Waals surface area contributed by atoms with Crippen LogP contribution in [0.15, 0.2) is 18.2 Å². The molecule has 2 fully saturated rings. The minimum Gasteiger partial charge on any atom is -0.508 e. The van der Waals surface area contributed by atoms with Crippen LogP contribution >= 0.6 is 0 Å². The zero-order valence-corrected chi connectivity index (χ0v) is 13.8. The Morgan fingerprint density at radius 2 is 2.04 bits per heavy atom. The van der Waals surface area contributed by atoms with E-state index in [1.54, 1.807) is 6.07 Å². The zero-order chi connectivity index (χ0) is 16.9. The van der Waals surface area contributed by atoms with Crippen LogP contribution in [0.4, 0.5) is 13.2 Å². The lowest BCUT2D eigenvalue weighted by Crippen LogP contribution is -2.61. The number of benzene rings is 1. The zero-order valence-electron chi connectivity index (χ0n) is 13.8. The second kappa shape index (κ2) is 5.65. The van der Waals surface area contributed by atoms with Gasteiger partial charge in [-0.1, -0.05) is 18.9 Å². The lowest BCUT2D eigenvalue weighted by molar-refractivity contribution is -0.143. The number of phenols is 1. The van der Waals surface area contributed by atoms with Gasteiger partial charge in [0.1, 0.15) is 5.75 Å². The highest BCUT2D eigenvalue weighted by Gasteiger charge is 2.53. The summed E-state index contributed by atoms with van der Waals surface area (Å²) in [5.74, 6) is 0.743. The Hall–Kier alpha value is -1.23. The molecule has 0 amide bonds. The van der Waals surface area contributed by atoms with Crippen molar-refractivity contribution in [1.82, 2.24) is 4.90 Å².